The summed E-state index contributed by atoms with van der Waals surface area (Å²) in [6.07, 6.45) is 2.30. The standard InChI is InChI=1S/C14H17N3O3/c1-3-8(2)12(14(19)20)16-13(18)9-4-5-11-10(6-9)7-15-17-11/h4-8,12H,3H2,1-2H3,(H,15,17)(H,16,18)(H,19,20). The van der Waals surface area contributed by atoms with Gasteiger partial charge in [0.05, 0.1) is 11.7 Å². The Balaban J connectivity index is 2.19. The lowest BCUT2D eigenvalue weighted by Crippen LogP contribution is -2.45. The van der Waals surface area contributed by atoms with Crippen molar-refractivity contribution in [2.24, 2.45) is 5.92 Å². The number of hydrogen-bond acceptors (Lipinski definition) is 3. The Kier molecular flexibility index (Phi) is 4.02. The fourth-order valence-electron chi connectivity index (χ4n) is 1.99. The van der Waals surface area contributed by atoms with Gasteiger partial charge in [-0.05, 0) is 24.1 Å². The van der Waals surface area contributed by atoms with Gasteiger partial charge < -0.3 is 10.4 Å². The number of amides is 1. The van der Waals surface area contributed by atoms with Crippen LogP contribution in [-0.2, 0) is 4.79 Å². The molecule has 6 nitrogen and oxygen atoms in total. The number of benzene rings is 1. The fraction of sp³-hybridized carbons (Fsp3) is 0.357. The molecule has 20 heavy (non-hydrogen) atoms. The zero-order valence-electron chi connectivity index (χ0n) is 11.4. The normalized spacial score (nSPS) is 13.9. The Morgan fingerprint density at radius 2 is 2.20 bits per heavy atom. The summed E-state index contributed by atoms with van der Waals surface area (Å²) in [7, 11) is 0. The highest BCUT2D eigenvalue weighted by Crippen LogP contribution is 2.14. The molecule has 0 bridgehead atoms. The van der Waals surface area contributed by atoms with E-state index in [0.717, 1.165) is 10.9 Å². The summed E-state index contributed by atoms with van der Waals surface area (Å²) in [5, 5.41) is 19.2. The molecule has 0 fully saturated rings. The molecule has 6 heteroatoms. The maximum atomic E-state index is 12.1. The van der Waals surface area contributed by atoms with Crippen molar-refractivity contribution in [3.8, 4) is 0 Å². The quantitative estimate of drug-likeness (QED) is 0.775. The Hall–Kier alpha value is -2.37. The number of aromatic amines is 1. The van der Waals surface area contributed by atoms with Crippen LogP contribution in [0.5, 0.6) is 0 Å². The first-order chi connectivity index (χ1) is 9.52. The second kappa shape index (κ2) is 5.73. The molecule has 3 N–H and O–H groups in total. The van der Waals surface area contributed by atoms with Crippen molar-refractivity contribution in [2.75, 3.05) is 0 Å². The van der Waals surface area contributed by atoms with Crippen LogP contribution in [0.1, 0.15) is 30.6 Å². The number of aromatic nitrogens is 2. The van der Waals surface area contributed by atoms with E-state index in [0.29, 0.717) is 12.0 Å². The number of hydrogen-bond donors (Lipinski definition) is 3. The third-order valence-electron chi connectivity index (χ3n) is 3.47. The summed E-state index contributed by atoms with van der Waals surface area (Å²) in [5.41, 5.74) is 1.26. The van der Waals surface area contributed by atoms with E-state index in [2.05, 4.69) is 15.5 Å². The van der Waals surface area contributed by atoms with Crippen LogP contribution in [0, 0.1) is 5.92 Å². The highest BCUT2D eigenvalue weighted by molar-refractivity contribution is 5.99. The molecule has 0 saturated carbocycles. The maximum absolute atomic E-state index is 12.1. The molecule has 2 rings (SSSR count). The SMILES string of the molecule is CCC(C)C(NC(=O)c1ccc2[nH]ncc2c1)C(=O)O. The van der Waals surface area contributed by atoms with Crippen LogP contribution < -0.4 is 5.32 Å². The minimum Gasteiger partial charge on any atom is -0.480 e. The first kappa shape index (κ1) is 14.0. The van der Waals surface area contributed by atoms with E-state index in [9.17, 15) is 14.7 Å². The van der Waals surface area contributed by atoms with E-state index in [1.54, 1.807) is 31.3 Å². The number of aliphatic carboxylic acids is 1. The molecule has 0 aliphatic rings. The van der Waals surface area contributed by atoms with Gasteiger partial charge in [0.15, 0.2) is 0 Å². The molecule has 0 aliphatic heterocycles. The monoisotopic (exact) mass is 275 g/mol. The van der Waals surface area contributed by atoms with E-state index >= 15 is 0 Å². The van der Waals surface area contributed by atoms with Crippen molar-refractivity contribution in [3.63, 3.8) is 0 Å². The van der Waals surface area contributed by atoms with Crippen molar-refractivity contribution in [3.05, 3.63) is 30.0 Å². The van der Waals surface area contributed by atoms with Crippen molar-refractivity contribution >= 4 is 22.8 Å². The van der Waals surface area contributed by atoms with Crippen molar-refractivity contribution in [1.82, 2.24) is 15.5 Å². The highest BCUT2D eigenvalue weighted by Gasteiger charge is 2.25. The van der Waals surface area contributed by atoms with Crippen LogP contribution in [0.4, 0.5) is 0 Å². The zero-order chi connectivity index (χ0) is 14.7. The number of fused-ring (bicyclic) bond motifs is 1. The first-order valence-corrected chi connectivity index (χ1v) is 6.49. The van der Waals surface area contributed by atoms with E-state index in [1.165, 1.54) is 0 Å². The van der Waals surface area contributed by atoms with Crippen molar-refractivity contribution in [2.45, 2.75) is 26.3 Å². The molecular formula is C14H17N3O3. The molecule has 2 atom stereocenters. The molecule has 0 radical (unpaired) electrons. The number of carboxylic acid groups (broad SMARTS) is 1. The van der Waals surface area contributed by atoms with Gasteiger partial charge in [-0.1, -0.05) is 20.3 Å². The Bertz CT molecular complexity index is 635. The summed E-state index contributed by atoms with van der Waals surface area (Å²) in [4.78, 5) is 23.3. The number of carbonyl (C=O) groups is 2. The van der Waals surface area contributed by atoms with E-state index in [4.69, 9.17) is 0 Å². The number of rotatable bonds is 5. The largest absolute Gasteiger partial charge is 0.480 e. The maximum Gasteiger partial charge on any atom is 0.326 e. The fourth-order valence-corrected chi connectivity index (χ4v) is 1.99. The lowest BCUT2D eigenvalue weighted by atomic mass is 9.99. The molecule has 1 heterocycles. The minimum atomic E-state index is -1.02. The average molecular weight is 275 g/mol. The van der Waals surface area contributed by atoms with Gasteiger partial charge in [0.25, 0.3) is 5.91 Å². The lowest BCUT2D eigenvalue weighted by molar-refractivity contribution is -0.140. The summed E-state index contributed by atoms with van der Waals surface area (Å²) >= 11 is 0. The van der Waals surface area contributed by atoms with E-state index < -0.39 is 12.0 Å². The third kappa shape index (κ3) is 2.79. The number of carboxylic acids is 1. The van der Waals surface area contributed by atoms with Crippen LogP contribution >= 0.6 is 0 Å². The second-order valence-electron chi connectivity index (χ2n) is 4.85. The van der Waals surface area contributed by atoms with Crippen LogP contribution in [-0.4, -0.2) is 33.2 Å². The topological polar surface area (TPSA) is 95.1 Å². The Morgan fingerprint density at radius 1 is 1.45 bits per heavy atom. The van der Waals surface area contributed by atoms with Crippen LogP contribution in [0.3, 0.4) is 0 Å². The number of H-pyrrole nitrogens is 1. The van der Waals surface area contributed by atoms with Crippen molar-refractivity contribution in [1.29, 1.82) is 0 Å². The van der Waals surface area contributed by atoms with Gasteiger partial charge in [-0.15, -0.1) is 0 Å². The summed E-state index contributed by atoms with van der Waals surface area (Å²) in [6, 6.07) is 4.19. The summed E-state index contributed by atoms with van der Waals surface area (Å²) in [5.74, 6) is -1.54. The molecule has 106 valence electrons. The number of carbonyl (C=O) groups excluding carboxylic acids is 1. The molecule has 1 aromatic carbocycles. The predicted molar refractivity (Wildman–Crippen MR) is 74.4 cm³/mol. The van der Waals surface area contributed by atoms with Gasteiger partial charge in [0, 0.05) is 10.9 Å². The third-order valence-corrected chi connectivity index (χ3v) is 3.47. The smallest absolute Gasteiger partial charge is 0.326 e. The van der Waals surface area contributed by atoms with Gasteiger partial charge in [-0.3, -0.25) is 9.89 Å². The zero-order valence-corrected chi connectivity index (χ0v) is 11.4. The Morgan fingerprint density at radius 3 is 2.85 bits per heavy atom. The molecule has 2 unspecified atom stereocenters. The molecule has 0 aliphatic carbocycles. The summed E-state index contributed by atoms with van der Waals surface area (Å²) < 4.78 is 0. The minimum absolute atomic E-state index is 0.130. The van der Waals surface area contributed by atoms with Crippen LogP contribution in [0.2, 0.25) is 0 Å². The predicted octanol–water partition coefficient (Wildman–Crippen LogP) is 1.79. The van der Waals surface area contributed by atoms with Gasteiger partial charge in [-0.25, -0.2) is 4.79 Å². The Labute approximate surface area is 116 Å². The second-order valence-corrected chi connectivity index (χ2v) is 4.85. The number of nitrogens with zero attached hydrogens (tertiary/aromatic N) is 1. The van der Waals surface area contributed by atoms with Crippen LogP contribution in [0.25, 0.3) is 10.9 Å². The molecule has 1 amide bonds. The molecule has 2 aromatic rings. The van der Waals surface area contributed by atoms with Crippen LogP contribution in [0.15, 0.2) is 24.4 Å². The van der Waals surface area contributed by atoms with Gasteiger partial charge in [-0.2, -0.15) is 5.10 Å². The van der Waals surface area contributed by atoms with Gasteiger partial charge in [0.2, 0.25) is 0 Å². The molecule has 1 aromatic heterocycles. The average Bonchev–Trinajstić information content (AvgIpc) is 2.90. The lowest BCUT2D eigenvalue weighted by Gasteiger charge is -2.20. The van der Waals surface area contributed by atoms with E-state index in [-0.39, 0.29) is 11.8 Å². The highest BCUT2D eigenvalue weighted by atomic mass is 16.4. The summed E-state index contributed by atoms with van der Waals surface area (Å²) in [6.45, 7) is 3.70. The van der Waals surface area contributed by atoms with Crippen molar-refractivity contribution < 1.29 is 14.7 Å². The molecular weight excluding hydrogens is 258 g/mol. The van der Waals surface area contributed by atoms with Gasteiger partial charge >= 0.3 is 5.97 Å². The van der Waals surface area contributed by atoms with Gasteiger partial charge in [0.1, 0.15) is 6.04 Å². The molecule has 0 saturated heterocycles. The molecule has 0 spiro atoms. The van der Waals surface area contributed by atoms with E-state index in [1.807, 2.05) is 6.92 Å². The number of nitrogens with one attached hydrogen (secondary N) is 2. The first-order valence-electron chi connectivity index (χ1n) is 6.49.